The molecule has 0 saturated heterocycles. The number of nitrogens with zero attached hydrogens (tertiary/aromatic N) is 2. The van der Waals surface area contributed by atoms with Gasteiger partial charge in [0.15, 0.2) is 0 Å². The minimum Gasteiger partial charge on any atom is -0.309 e. The monoisotopic (exact) mass is 784 g/mol. The first-order valence-corrected chi connectivity index (χ1v) is 21.8. The maximum atomic E-state index is 2.42. The summed E-state index contributed by atoms with van der Waals surface area (Å²) in [6, 6.07) is 74.1. The molecule has 284 valence electrons. The quantitative estimate of drug-likeness (QED) is 0.152. The zero-order valence-corrected chi connectivity index (χ0v) is 34.1. The molecule has 0 aliphatic carbocycles. The number of benzene rings is 9. The molecular formula is C57H40N2S. The Balaban J connectivity index is 0.929. The van der Waals surface area contributed by atoms with Crippen molar-refractivity contribution in [2.75, 3.05) is 0 Å². The average molecular weight is 785 g/mol. The number of hydrogen-bond donors (Lipinski definition) is 0. The molecule has 0 atom stereocenters. The van der Waals surface area contributed by atoms with E-state index in [0.717, 1.165) is 24.2 Å². The molecule has 0 spiro atoms. The van der Waals surface area contributed by atoms with Gasteiger partial charge in [-0.2, -0.15) is 0 Å². The summed E-state index contributed by atoms with van der Waals surface area (Å²) in [6.45, 7) is 2.25. The van der Waals surface area contributed by atoms with E-state index in [2.05, 4.69) is 216 Å². The van der Waals surface area contributed by atoms with Crippen LogP contribution in [0.4, 0.5) is 0 Å². The number of para-hydroxylation sites is 2. The number of thiophene rings is 1. The fraction of sp³-hybridized carbons (Fsp3) is 0.0526. The largest absolute Gasteiger partial charge is 0.309 e. The SMILES string of the molecule is CCCc1ccc2sc3c(-c4ccc(-n5c6ccccc6c6cc(-c7ccc8c(c7)c7ccccc7n8-c7ccc(-c8ccccc8)cc7)ccc65)cc4)cccc3c2c1. The van der Waals surface area contributed by atoms with E-state index in [0.29, 0.717) is 0 Å². The van der Waals surface area contributed by atoms with Crippen molar-refractivity contribution in [3.8, 4) is 44.8 Å². The molecule has 0 amide bonds. The molecule has 12 aromatic rings. The van der Waals surface area contributed by atoms with Gasteiger partial charge >= 0.3 is 0 Å². The van der Waals surface area contributed by atoms with Gasteiger partial charge in [-0.15, -0.1) is 11.3 Å². The number of aryl methyl sites for hydroxylation is 1. The van der Waals surface area contributed by atoms with Crippen LogP contribution in [-0.2, 0) is 6.42 Å². The van der Waals surface area contributed by atoms with Gasteiger partial charge in [0.25, 0.3) is 0 Å². The normalized spacial score (nSPS) is 11.9. The third kappa shape index (κ3) is 5.54. The highest BCUT2D eigenvalue weighted by Crippen LogP contribution is 2.42. The second-order valence-corrected chi connectivity index (χ2v) is 17.0. The van der Waals surface area contributed by atoms with Crippen molar-refractivity contribution < 1.29 is 0 Å². The first-order chi connectivity index (χ1) is 29.7. The molecule has 0 radical (unpaired) electrons. The van der Waals surface area contributed by atoms with Crippen LogP contribution in [0.1, 0.15) is 18.9 Å². The molecule has 9 aromatic carbocycles. The Morgan fingerprint density at radius 3 is 1.50 bits per heavy atom. The molecule has 0 aliphatic rings. The topological polar surface area (TPSA) is 9.86 Å². The van der Waals surface area contributed by atoms with Crippen molar-refractivity contribution in [3.63, 3.8) is 0 Å². The zero-order valence-electron chi connectivity index (χ0n) is 33.3. The summed E-state index contributed by atoms with van der Waals surface area (Å²) in [5, 5.41) is 7.75. The Morgan fingerprint density at radius 2 is 0.883 bits per heavy atom. The average Bonchev–Trinajstić information content (AvgIpc) is 3.97. The lowest BCUT2D eigenvalue weighted by Crippen LogP contribution is -1.94. The van der Waals surface area contributed by atoms with Crippen LogP contribution >= 0.6 is 11.3 Å². The molecular weight excluding hydrogens is 745 g/mol. The Labute approximate surface area is 352 Å². The summed E-state index contributed by atoms with van der Waals surface area (Å²) < 4.78 is 7.54. The number of fused-ring (bicyclic) bond motifs is 9. The van der Waals surface area contributed by atoms with E-state index in [1.54, 1.807) is 0 Å². The summed E-state index contributed by atoms with van der Waals surface area (Å²) in [7, 11) is 0. The predicted molar refractivity (Wildman–Crippen MR) is 258 cm³/mol. The van der Waals surface area contributed by atoms with Crippen LogP contribution in [0.15, 0.2) is 200 Å². The standard InChI is InChI=1S/C57H40N2S/c1-2-11-37-20-33-56-51(34-37)48-17-10-16-45(57(48)60-56)40-23-29-44(30-24-40)59-53-19-9-7-15-47(53)50-36-42(26-32-55(50)59)41-25-31-54-49(35-41)46-14-6-8-18-52(46)58(54)43-27-21-39(22-28-43)38-12-4-3-5-13-38/h3-10,12-36H,2,11H2,1H3. The molecule has 0 saturated carbocycles. The summed E-state index contributed by atoms with van der Waals surface area (Å²) in [5.74, 6) is 0. The van der Waals surface area contributed by atoms with E-state index in [1.165, 1.54) is 103 Å². The molecule has 0 N–H and O–H groups in total. The molecule has 2 nitrogen and oxygen atoms in total. The highest BCUT2D eigenvalue weighted by Gasteiger charge is 2.17. The molecule has 12 rings (SSSR count). The van der Waals surface area contributed by atoms with Gasteiger partial charge in [0.1, 0.15) is 0 Å². The number of aromatic nitrogens is 2. The highest BCUT2D eigenvalue weighted by molar-refractivity contribution is 7.26. The molecule has 3 heterocycles. The minimum absolute atomic E-state index is 1.12. The van der Waals surface area contributed by atoms with Crippen molar-refractivity contribution in [1.29, 1.82) is 0 Å². The van der Waals surface area contributed by atoms with Crippen LogP contribution in [0.25, 0.3) is 109 Å². The molecule has 3 heteroatoms. The molecule has 0 bridgehead atoms. The Bertz CT molecular complexity index is 3580. The fourth-order valence-electron chi connectivity index (χ4n) is 9.60. The van der Waals surface area contributed by atoms with E-state index in [1.807, 2.05) is 11.3 Å². The van der Waals surface area contributed by atoms with Crippen molar-refractivity contribution in [2.24, 2.45) is 0 Å². The van der Waals surface area contributed by atoms with Gasteiger partial charge in [0.05, 0.1) is 22.1 Å². The van der Waals surface area contributed by atoms with Crippen LogP contribution in [0.3, 0.4) is 0 Å². The van der Waals surface area contributed by atoms with Crippen LogP contribution in [-0.4, -0.2) is 9.13 Å². The van der Waals surface area contributed by atoms with Crippen molar-refractivity contribution in [3.05, 3.63) is 206 Å². The third-order valence-electron chi connectivity index (χ3n) is 12.4. The van der Waals surface area contributed by atoms with E-state index in [9.17, 15) is 0 Å². The van der Waals surface area contributed by atoms with Crippen LogP contribution < -0.4 is 0 Å². The number of hydrogen-bond acceptors (Lipinski definition) is 1. The van der Waals surface area contributed by atoms with Crippen molar-refractivity contribution >= 4 is 75.1 Å². The first-order valence-electron chi connectivity index (χ1n) is 21.0. The van der Waals surface area contributed by atoms with Crippen molar-refractivity contribution in [2.45, 2.75) is 19.8 Å². The van der Waals surface area contributed by atoms with E-state index >= 15 is 0 Å². The van der Waals surface area contributed by atoms with Crippen molar-refractivity contribution in [1.82, 2.24) is 9.13 Å². The lowest BCUT2D eigenvalue weighted by atomic mass is 10.0. The van der Waals surface area contributed by atoms with Gasteiger partial charge in [-0.1, -0.05) is 141 Å². The second kappa shape index (κ2) is 14.0. The number of rotatable bonds is 7. The maximum Gasteiger partial charge on any atom is 0.0541 e. The summed E-state index contributed by atoms with van der Waals surface area (Å²) in [6.07, 6.45) is 2.28. The fourth-order valence-corrected chi connectivity index (χ4v) is 10.8. The van der Waals surface area contributed by atoms with Crippen LogP contribution in [0, 0.1) is 0 Å². The Kier molecular flexibility index (Phi) is 8.11. The van der Waals surface area contributed by atoms with Crippen LogP contribution in [0.2, 0.25) is 0 Å². The maximum absolute atomic E-state index is 2.42. The van der Waals surface area contributed by atoms with Gasteiger partial charge in [0, 0.05) is 53.1 Å². The Hall–Kier alpha value is -7.20. The molecule has 60 heavy (non-hydrogen) atoms. The van der Waals surface area contributed by atoms with E-state index < -0.39 is 0 Å². The van der Waals surface area contributed by atoms with Gasteiger partial charge in [0.2, 0.25) is 0 Å². The minimum atomic E-state index is 1.12. The summed E-state index contributed by atoms with van der Waals surface area (Å²) in [4.78, 5) is 0. The van der Waals surface area contributed by atoms with Crippen LogP contribution in [0.5, 0.6) is 0 Å². The van der Waals surface area contributed by atoms with Gasteiger partial charge in [-0.05, 0) is 118 Å². The van der Waals surface area contributed by atoms with E-state index in [4.69, 9.17) is 0 Å². The summed E-state index contributed by atoms with van der Waals surface area (Å²) in [5.41, 5.74) is 16.0. The van der Waals surface area contributed by atoms with Gasteiger partial charge in [-0.3, -0.25) is 0 Å². The highest BCUT2D eigenvalue weighted by atomic mass is 32.1. The zero-order chi connectivity index (χ0) is 39.7. The summed E-state index contributed by atoms with van der Waals surface area (Å²) >= 11 is 1.91. The molecule has 3 aromatic heterocycles. The van der Waals surface area contributed by atoms with Gasteiger partial charge < -0.3 is 9.13 Å². The molecule has 0 aliphatic heterocycles. The Morgan fingerprint density at radius 1 is 0.367 bits per heavy atom. The van der Waals surface area contributed by atoms with Gasteiger partial charge in [-0.25, -0.2) is 0 Å². The predicted octanol–water partition coefficient (Wildman–Crippen LogP) is 16.2. The smallest absolute Gasteiger partial charge is 0.0541 e. The third-order valence-corrected chi connectivity index (χ3v) is 13.7. The second-order valence-electron chi connectivity index (χ2n) is 16.0. The lowest BCUT2D eigenvalue weighted by molar-refractivity contribution is 0.924. The van der Waals surface area contributed by atoms with E-state index in [-0.39, 0.29) is 0 Å². The first kappa shape index (κ1) is 34.8. The molecule has 0 fully saturated rings. The lowest BCUT2D eigenvalue weighted by Gasteiger charge is -2.11. The molecule has 0 unspecified atom stereocenters.